The van der Waals surface area contributed by atoms with Gasteiger partial charge < -0.3 is 5.32 Å². The maximum Gasteiger partial charge on any atom is 0.262 e. The summed E-state index contributed by atoms with van der Waals surface area (Å²) in [5, 5.41) is 2.90. The fourth-order valence-electron chi connectivity index (χ4n) is 2.38. The Morgan fingerprint density at radius 3 is 2.17 bits per heavy atom. The Kier molecular flexibility index (Phi) is 6.33. The minimum atomic E-state index is -4.17. The van der Waals surface area contributed by atoms with Crippen LogP contribution in [0.5, 0.6) is 0 Å². The van der Waals surface area contributed by atoms with Gasteiger partial charge in [0.2, 0.25) is 0 Å². The molecular formula is C19H12Cl3FN2O3S. The predicted molar refractivity (Wildman–Crippen MR) is 113 cm³/mol. The molecule has 0 unspecified atom stereocenters. The molecule has 0 heterocycles. The van der Waals surface area contributed by atoms with E-state index >= 15 is 0 Å². The Morgan fingerprint density at radius 2 is 1.55 bits per heavy atom. The van der Waals surface area contributed by atoms with Crippen molar-refractivity contribution in [1.82, 2.24) is 0 Å². The van der Waals surface area contributed by atoms with Crippen LogP contribution in [0.3, 0.4) is 0 Å². The molecule has 0 aliphatic heterocycles. The first-order valence-corrected chi connectivity index (χ1v) is 10.6. The Hall–Kier alpha value is -2.32. The molecular weight excluding hydrogens is 462 g/mol. The van der Waals surface area contributed by atoms with Crippen molar-refractivity contribution < 1.29 is 17.6 Å². The van der Waals surface area contributed by atoms with Crippen LogP contribution in [0.1, 0.15) is 10.4 Å². The summed E-state index contributed by atoms with van der Waals surface area (Å²) in [4.78, 5) is 11.9. The molecule has 2 N–H and O–H groups in total. The molecule has 3 rings (SSSR count). The molecule has 0 saturated carbocycles. The van der Waals surface area contributed by atoms with Crippen molar-refractivity contribution >= 4 is 62.1 Å². The zero-order valence-electron chi connectivity index (χ0n) is 14.4. The number of carbonyl (C=O) groups excluding carboxylic acids is 1. The van der Waals surface area contributed by atoms with Crippen molar-refractivity contribution in [3.63, 3.8) is 0 Å². The van der Waals surface area contributed by atoms with Crippen LogP contribution >= 0.6 is 34.8 Å². The van der Waals surface area contributed by atoms with E-state index in [1.807, 2.05) is 0 Å². The molecule has 1 amide bonds. The molecule has 0 aliphatic carbocycles. The SMILES string of the molecule is O=C(Nc1ccc(S(=O)(=O)Nc2c(Cl)cccc2Cl)cc1F)c1cccc(Cl)c1. The number of halogens is 4. The third-order valence-corrected chi connectivity index (χ3v) is 6.00. The Morgan fingerprint density at radius 1 is 0.897 bits per heavy atom. The van der Waals surface area contributed by atoms with Gasteiger partial charge in [0.05, 0.1) is 26.3 Å². The molecule has 10 heteroatoms. The maximum atomic E-state index is 14.4. The van der Waals surface area contributed by atoms with Crippen molar-refractivity contribution in [2.24, 2.45) is 0 Å². The highest BCUT2D eigenvalue weighted by Crippen LogP contribution is 2.32. The van der Waals surface area contributed by atoms with E-state index in [-0.39, 0.29) is 31.9 Å². The van der Waals surface area contributed by atoms with Gasteiger partial charge in [0.15, 0.2) is 0 Å². The van der Waals surface area contributed by atoms with Crippen molar-refractivity contribution in [1.29, 1.82) is 0 Å². The number of anilines is 2. The van der Waals surface area contributed by atoms with E-state index in [9.17, 15) is 17.6 Å². The predicted octanol–water partition coefficient (Wildman–Crippen LogP) is 5.84. The van der Waals surface area contributed by atoms with E-state index in [1.54, 1.807) is 18.2 Å². The third kappa shape index (κ3) is 5.00. The number of amides is 1. The van der Waals surface area contributed by atoms with Gasteiger partial charge >= 0.3 is 0 Å². The quantitative estimate of drug-likeness (QED) is 0.489. The molecule has 0 spiro atoms. The molecule has 0 saturated heterocycles. The average molecular weight is 474 g/mol. The second kappa shape index (κ2) is 8.59. The molecule has 29 heavy (non-hydrogen) atoms. The van der Waals surface area contributed by atoms with Gasteiger partial charge in [-0.2, -0.15) is 0 Å². The van der Waals surface area contributed by atoms with Crippen molar-refractivity contribution in [3.05, 3.63) is 87.1 Å². The van der Waals surface area contributed by atoms with Crippen LogP contribution in [-0.2, 0) is 10.0 Å². The first kappa shape index (κ1) is 21.4. The zero-order valence-corrected chi connectivity index (χ0v) is 17.5. The molecule has 0 aliphatic rings. The van der Waals surface area contributed by atoms with Crippen LogP contribution in [0.2, 0.25) is 15.1 Å². The molecule has 0 atom stereocenters. The van der Waals surface area contributed by atoms with E-state index in [4.69, 9.17) is 34.8 Å². The van der Waals surface area contributed by atoms with Crippen LogP contribution in [0.15, 0.2) is 65.6 Å². The Bertz CT molecular complexity index is 1180. The van der Waals surface area contributed by atoms with Crippen molar-refractivity contribution in [2.45, 2.75) is 4.90 Å². The summed E-state index contributed by atoms with van der Waals surface area (Å²) >= 11 is 17.8. The van der Waals surface area contributed by atoms with E-state index in [0.29, 0.717) is 5.02 Å². The second-order valence-electron chi connectivity index (χ2n) is 5.81. The molecule has 0 fully saturated rings. The van der Waals surface area contributed by atoms with Gasteiger partial charge in [-0.25, -0.2) is 12.8 Å². The Balaban J connectivity index is 1.84. The van der Waals surface area contributed by atoms with Gasteiger partial charge in [-0.3, -0.25) is 9.52 Å². The van der Waals surface area contributed by atoms with E-state index in [2.05, 4.69) is 10.0 Å². The summed E-state index contributed by atoms with van der Waals surface area (Å²) in [6.45, 7) is 0. The lowest BCUT2D eigenvalue weighted by Crippen LogP contribution is -2.16. The summed E-state index contributed by atoms with van der Waals surface area (Å²) in [6, 6.07) is 13.6. The molecule has 3 aromatic rings. The highest BCUT2D eigenvalue weighted by molar-refractivity contribution is 7.92. The number of hydrogen-bond donors (Lipinski definition) is 2. The molecule has 0 aromatic heterocycles. The van der Waals surface area contributed by atoms with Crippen LogP contribution in [0.4, 0.5) is 15.8 Å². The monoisotopic (exact) mass is 472 g/mol. The lowest BCUT2D eigenvalue weighted by atomic mass is 10.2. The van der Waals surface area contributed by atoms with Crippen molar-refractivity contribution in [2.75, 3.05) is 10.0 Å². The average Bonchev–Trinajstić information content (AvgIpc) is 2.66. The highest BCUT2D eigenvalue weighted by Gasteiger charge is 2.20. The first-order valence-electron chi connectivity index (χ1n) is 8.01. The van der Waals surface area contributed by atoms with Gasteiger partial charge in [0.25, 0.3) is 15.9 Å². The third-order valence-electron chi connectivity index (χ3n) is 3.79. The fourth-order valence-corrected chi connectivity index (χ4v) is 4.28. The number of hydrogen-bond acceptors (Lipinski definition) is 3. The molecule has 150 valence electrons. The number of carbonyl (C=O) groups is 1. The molecule has 5 nitrogen and oxygen atoms in total. The van der Waals surface area contributed by atoms with Gasteiger partial charge in [-0.15, -0.1) is 0 Å². The molecule has 0 bridgehead atoms. The van der Waals surface area contributed by atoms with Gasteiger partial charge in [-0.05, 0) is 48.5 Å². The number of para-hydroxylation sites is 1. The van der Waals surface area contributed by atoms with Crippen LogP contribution in [0, 0.1) is 5.82 Å². The summed E-state index contributed by atoms with van der Waals surface area (Å²) in [6.07, 6.45) is 0. The van der Waals surface area contributed by atoms with E-state index < -0.39 is 21.7 Å². The normalized spacial score (nSPS) is 11.2. The molecule has 3 aromatic carbocycles. The largest absolute Gasteiger partial charge is 0.319 e. The summed E-state index contributed by atoms with van der Waals surface area (Å²) in [5.41, 5.74) is 0.0166. The molecule has 0 radical (unpaired) electrons. The van der Waals surface area contributed by atoms with E-state index in [0.717, 1.165) is 18.2 Å². The number of sulfonamides is 1. The summed E-state index contributed by atoms with van der Waals surface area (Å²) in [7, 11) is -4.17. The topological polar surface area (TPSA) is 75.3 Å². The van der Waals surface area contributed by atoms with Crippen molar-refractivity contribution in [3.8, 4) is 0 Å². The van der Waals surface area contributed by atoms with Gasteiger partial charge in [0.1, 0.15) is 5.82 Å². The standard InChI is InChI=1S/C19H12Cl3FN2O3S/c20-12-4-1-3-11(9-12)19(26)24-17-8-7-13(10-16(17)23)29(27,28)25-18-14(21)5-2-6-15(18)22/h1-10,25H,(H,24,26). The highest BCUT2D eigenvalue weighted by atomic mass is 35.5. The number of rotatable bonds is 5. The Labute approximate surface area is 181 Å². The zero-order chi connectivity index (χ0) is 21.2. The van der Waals surface area contributed by atoms with Crippen LogP contribution in [-0.4, -0.2) is 14.3 Å². The minimum Gasteiger partial charge on any atom is -0.319 e. The summed E-state index contributed by atoms with van der Waals surface area (Å²) in [5.74, 6) is -1.53. The lowest BCUT2D eigenvalue weighted by Gasteiger charge is -2.12. The van der Waals surface area contributed by atoms with Crippen LogP contribution < -0.4 is 10.0 Å². The fraction of sp³-hybridized carbons (Fsp3) is 0. The van der Waals surface area contributed by atoms with Gasteiger partial charge in [-0.1, -0.05) is 46.9 Å². The maximum absolute atomic E-state index is 14.4. The first-order chi connectivity index (χ1) is 13.7. The smallest absolute Gasteiger partial charge is 0.262 e. The lowest BCUT2D eigenvalue weighted by molar-refractivity contribution is 0.102. The van der Waals surface area contributed by atoms with Crippen LogP contribution in [0.25, 0.3) is 0 Å². The van der Waals surface area contributed by atoms with Gasteiger partial charge in [0, 0.05) is 10.6 Å². The number of nitrogens with one attached hydrogen (secondary N) is 2. The number of benzene rings is 3. The second-order valence-corrected chi connectivity index (χ2v) is 8.74. The van der Waals surface area contributed by atoms with E-state index in [1.165, 1.54) is 24.3 Å². The summed E-state index contributed by atoms with van der Waals surface area (Å²) < 4.78 is 41.8. The minimum absolute atomic E-state index is 0.0189.